The third-order valence-electron chi connectivity index (χ3n) is 4.21. The van der Waals surface area contributed by atoms with E-state index in [0.717, 1.165) is 24.9 Å². The van der Waals surface area contributed by atoms with Crippen molar-refractivity contribution in [2.75, 3.05) is 32.7 Å². The highest BCUT2D eigenvalue weighted by atomic mass is 15.1. The van der Waals surface area contributed by atoms with Crippen molar-refractivity contribution < 1.29 is 0 Å². The Morgan fingerprint density at radius 1 is 1.17 bits per heavy atom. The van der Waals surface area contributed by atoms with E-state index in [4.69, 9.17) is 0 Å². The molecule has 1 saturated heterocycles. The molecule has 2 nitrogen and oxygen atoms in total. The summed E-state index contributed by atoms with van der Waals surface area (Å²) in [6.07, 6.45) is 4.04. The van der Waals surface area contributed by atoms with Crippen LogP contribution >= 0.6 is 0 Å². The summed E-state index contributed by atoms with van der Waals surface area (Å²) in [5.41, 5.74) is 0.446. The number of nitrogens with one attached hydrogen (secondary N) is 1. The molecule has 0 saturated carbocycles. The van der Waals surface area contributed by atoms with Gasteiger partial charge in [-0.15, -0.1) is 0 Å². The summed E-state index contributed by atoms with van der Waals surface area (Å²) < 4.78 is 0. The fraction of sp³-hybridized carbons (Fsp3) is 1.00. The minimum Gasteiger partial charge on any atom is -0.316 e. The number of hydrogen-bond donors (Lipinski definition) is 1. The van der Waals surface area contributed by atoms with Crippen molar-refractivity contribution in [3.8, 4) is 0 Å². The molecule has 0 radical (unpaired) electrons. The lowest BCUT2D eigenvalue weighted by Crippen LogP contribution is -2.47. The van der Waals surface area contributed by atoms with Crippen LogP contribution in [0, 0.1) is 17.3 Å². The van der Waals surface area contributed by atoms with Gasteiger partial charge in [0.25, 0.3) is 0 Å². The second kappa shape index (κ2) is 7.49. The zero-order chi connectivity index (χ0) is 13.6. The Hall–Kier alpha value is -0.0800. The fourth-order valence-electron chi connectivity index (χ4n) is 3.71. The van der Waals surface area contributed by atoms with E-state index in [0.29, 0.717) is 5.41 Å². The van der Waals surface area contributed by atoms with Gasteiger partial charge in [-0.25, -0.2) is 0 Å². The Morgan fingerprint density at radius 3 is 2.28 bits per heavy atom. The third kappa shape index (κ3) is 5.27. The maximum absolute atomic E-state index is 3.56. The summed E-state index contributed by atoms with van der Waals surface area (Å²) in [5.74, 6) is 1.75. The molecule has 1 heterocycles. The molecule has 2 heteroatoms. The molecule has 1 N–H and O–H groups in total. The molecule has 0 spiro atoms. The molecule has 108 valence electrons. The predicted molar refractivity (Wildman–Crippen MR) is 80.9 cm³/mol. The lowest BCUT2D eigenvalue weighted by Gasteiger charge is -2.41. The molecule has 1 aliphatic heterocycles. The van der Waals surface area contributed by atoms with E-state index in [1.54, 1.807) is 0 Å². The molecule has 0 aromatic heterocycles. The van der Waals surface area contributed by atoms with Crippen LogP contribution in [-0.2, 0) is 0 Å². The topological polar surface area (TPSA) is 15.3 Å². The van der Waals surface area contributed by atoms with E-state index >= 15 is 0 Å². The van der Waals surface area contributed by atoms with Crippen LogP contribution in [0.3, 0.4) is 0 Å². The summed E-state index contributed by atoms with van der Waals surface area (Å²) in [4.78, 5) is 2.71. The van der Waals surface area contributed by atoms with Crippen LogP contribution in [0.15, 0.2) is 0 Å². The van der Waals surface area contributed by atoms with Gasteiger partial charge in [0.1, 0.15) is 0 Å². The quantitative estimate of drug-likeness (QED) is 0.749. The predicted octanol–water partition coefficient (Wildman–Crippen LogP) is 3.38. The molecule has 0 amide bonds. The second-order valence-corrected chi connectivity index (χ2v) is 6.98. The smallest absolute Gasteiger partial charge is 0.00477 e. The van der Waals surface area contributed by atoms with Crippen LogP contribution < -0.4 is 5.32 Å². The number of hydrogen-bond acceptors (Lipinski definition) is 2. The maximum Gasteiger partial charge on any atom is 0.00477 e. The molecular weight excluding hydrogens is 220 g/mol. The van der Waals surface area contributed by atoms with E-state index in [1.165, 1.54) is 38.9 Å². The Morgan fingerprint density at radius 2 is 1.78 bits per heavy atom. The summed E-state index contributed by atoms with van der Waals surface area (Å²) in [6.45, 7) is 17.9. The third-order valence-corrected chi connectivity index (χ3v) is 4.21. The average molecular weight is 254 g/mol. The van der Waals surface area contributed by atoms with Crippen molar-refractivity contribution in [1.29, 1.82) is 0 Å². The van der Waals surface area contributed by atoms with Gasteiger partial charge in [0.2, 0.25) is 0 Å². The standard InChI is InChI=1S/C16H34N2/c1-6-8-16(5,12-17-7-2)13-18-10-14(3)9-15(4)11-18/h14-15,17H,6-13H2,1-5H3. The fourth-order valence-corrected chi connectivity index (χ4v) is 3.71. The average Bonchev–Trinajstić information content (AvgIpc) is 2.25. The first-order valence-corrected chi connectivity index (χ1v) is 7.92. The van der Waals surface area contributed by atoms with Crippen molar-refractivity contribution >= 4 is 0 Å². The minimum atomic E-state index is 0.446. The monoisotopic (exact) mass is 254 g/mol. The highest BCUT2D eigenvalue weighted by molar-refractivity contribution is 4.84. The van der Waals surface area contributed by atoms with E-state index < -0.39 is 0 Å². The van der Waals surface area contributed by atoms with Gasteiger partial charge >= 0.3 is 0 Å². The molecule has 3 atom stereocenters. The zero-order valence-electron chi connectivity index (χ0n) is 13.3. The molecule has 0 bridgehead atoms. The van der Waals surface area contributed by atoms with Crippen molar-refractivity contribution in [2.45, 2.75) is 53.9 Å². The van der Waals surface area contributed by atoms with Gasteiger partial charge in [0.05, 0.1) is 0 Å². The summed E-state index contributed by atoms with van der Waals surface area (Å²) in [7, 11) is 0. The molecular formula is C16H34N2. The second-order valence-electron chi connectivity index (χ2n) is 6.98. The van der Waals surface area contributed by atoms with Gasteiger partial charge in [-0.2, -0.15) is 0 Å². The molecule has 1 aliphatic rings. The SMILES string of the molecule is CCCC(C)(CNCC)CN1CC(C)CC(C)C1. The summed E-state index contributed by atoms with van der Waals surface area (Å²) in [6, 6.07) is 0. The van der Waals surface area contributed by atoms with Crippen LogP contribution in [-0.4, -0.2) is 37.6 Å². The molecule has 0 aromatic rings. The number of likely N-dealkylation sites (tertiary alicyclic amines) is 1. The van der Waals surface area contributed by atoms with Gasteiger partial charge in [-0.1, -0.05) is 41.0 Å². The van der Waals surface area contributed by atoms with Crippen LogP contribution in [0.4, 0.5) is 0 Å². The van der Waals surface area contributed by atoms with Crippen molar-refractivity contribution in [1.82, 2.24) is 10.2 Å². The normalized spacial score (nSPS) is 29.2. The molecule has 1 fully saturated rings. The van der Waals surface area contributed by atoms with Gasteiger partial charge in [-0.05, 0) is 36.6 Å². The maximum atomic E-state index is 3.56. The Balaban J connectivity index is 2.53. The van der Waals surface area contributed by atoms with Crippen molar-refractivity contribution in [3.63, 3.8) is 0 Å². The van der Waals surface area contributed by atoms with E-state index in [9.17, 15) is 0 Å². The van der Waals surface area contributed by atoms with Gasteiger partial charge in [0.15, 0.2) is 0 Å². The van der Waals surface area contributed by atoms with E-state index in [-0.39, 0.29) is 0 Å². The Labute approximate surface area is 115 Å². The zero-order valence-corrected chi connectivity index (χ0v) is 13.3. The largest absolute Gasteiger partial charge is 0.316 e. The number of nitrogens with zero attached hydrogens (tertiary/aromatic N) is 1. The van der Waals surface area contributed by atoms with Crippen LogP contribution in [0.1, 0.15) is 53.9 Å². The molecule has 3 unspecified atom stereocenters. The highest BCUT2D eigenvalue weighted by Crippen LogP contribution is 2.28. The highest BCUT2D eigenvalue weighted by Gasteiger charge is 2.29. The number of piperidine rings is 1. The molecule has 1 rings (SSSR count). The Bertz CT molecular complexity index is 219. The number of rotatable bonds is 7. The Kier molecular flexibility index (Phi) is 6.65. The van der Waals surface area contributed by atoms with Gasteiger partial charge in [0, 0.05) is 26.2 Å². The first kappa shape index (κ1) is 16.0. The van der Waals surface area contributed by atoms with Crippen LogP contribution in [0.25, 0.3) is 0 Å². The van der Waals surface area contributed by atoms with Crippen LogP contribution in [0.2, 0.25) is 0 Å². The van der Waals surface area contributed by atoms with E-state index in [1.807, 2.05) is 0 Å². The lowest BCUT2D eigenvalue weighted by molar-refractivity contribution is 0.0842. The molecule has 0 aromatic carbocycles. The first-order valence-electron chi connectivity index (χ1n) is 7.92. The summed E-state index contributed by atoms with van der Waals surface area (Å²) >= 11 is 0. The van der Waals surface area contributed by atoms with Crippen molar-refractivity contribution in [3.05, 3.63) is 0 Å². The van der Waals surface area contributed by atoms with Gasteiger partial charge < -0.3 is 10.2 Å². The van der Waals surface area contributed by atoms with Crippen molar-refractivity contribution in [2.24, 2.45) is 17.3 Å². The van der Waals surface area contributed by atoms with E-state index in [2.05, 4.69) is 44.8 Å². The lowest BCUT2D eigenvalue weighted by atomic mass is 9.83. The first-order chi connectivity index (χ1) is 8.49. The molecule has 0 aliphatic carbocycles. The minimum absolute atomic E-state index is 0.446. The molecule has 18 heavy (non-hydrogen) atoms. The van der Waals surface area contributed by atoms with Gasteiger partial charge in [-0.3, -0.25) is 0 Å². The van der Waals surface area contributed by atoms with Crippen LogP contribution in [0.5, 0.6) is 0 Å². The summed E-state index contributed by atoms with van der Waals surface area (Å²) in [5, 5.41) is 3.56.